The number of ether oxygens (including phenoxy) is 1. The molecule has 3 rings (SSSR count). The fourth-order valence-electron chi connectivity index (χ4n) is 2.54. The van der Waals surface area contributed by atoms with Gasteiger partial charge in [-0.1, -0.05) is 17.7 Å². The smallest absolute Gasteiger partial charge is 0.417 e. The zero-order valence-electron chi connectivity index (χ0n) is 17.1. The first-order valence-electron chi connectivity index (χ1n) is 9.46. The molecular weight excluding hydrogens is 481 g/mol. The molecule has 178 valence electrons. The number of rotatable bonds is 7. The minimum Gasteiger partial charge on any atom is -0.424 e. The second-order valence-electron chi connectivity index (χ2n) is 6.47. The van der Waals surface area contributed by atoms with Crippen LogP contribution in [0.3, 0.4) is 0 Å². The fourth-order valence-corrected chi connectivity index (χ4v) is 2.77. The minimum atomic E-state index is -4.68. The van der Waals surface area contributed by atoms with Gasteiger partial charge in [-0.2, -0.15) is 23.1 Å². The lowest BCUT2D eigenvalue weighted by Gasteiger charge is -2.12. The molecule has 0 aliphatic heterocycles. The first-order chi connectivity index (χ1) is 16.2. The molecule has 0 unspecified atom stereocenters. The molecule has 0 radical (unpaired) electrons. The molecule has 0 bridgehead atoms. The van der Waals surface area contributed by atoms with E-state index >= 15 is 0 Å². The van der Waals surface area contributed by atoms with Gasteiger partial charge in [0.25, 0.3) is 5.91 Å². The number of anilines is 2. The minimum absolute atomic E-state index is 0.0179. The van der Waals surface area contributed by atoms with Crippen LogP contribution in [0.1, 0.15) is 16.2 Å². The van der Waals surface area contributed by atoms with Crippen molar-refractivity contribution < 1.29 is 32.6 Å². The predicted octanol–water partition coefficient (Wildman–Crippen LogP) is 3.70. The lowest BCUT2D eigenvalue weighted by Crippen LogP contribution is -2.28. The number of hydrogen-bond acceptors (Lipinski definition) is 7. The van der Waals surface area contributed by atoms with Crippen molar-refractivity contribution in [3.8, 4) is 11.8 Å². The van der Waals surface area contributed by atoms with Gasteiger partial charge in [-0.15, -0.1) is 0 Å². The molecule has 10 nitrogen and oxygen atoms in total. The lowest BCUT2D eigenvalue weighted by atomic mass is 10.2. The zero-order valence-corrected chi connectivity index (χ0v) is 17.8. The molecule has 1 aromatic heterocycles. The predicted molar refractivity (Wildman–Crippen MR) is 115 cm³/mol. The molecule has 14 heteroatoms. The van der Waals surface area contributed by atoms with Crippen molar-refractivity contribution in [1.82, 2.24) is 20.3 Å². The number of nitrogens with one attached hydrogen (secondary N) is 3. The first-order valence-corrected chi connectivity index (χ1v) is 9.84. The van der Waals surface area contributed by atoms with Crippen LogP contribution in [0.5, 0.6) is 11.8 Å². The summed E-state index contributed by atoms with van der Waals surface area (Å²) in [6.07, 6.45) is -3.61. The first kappa shape index (κ1) is 24.7. The zero-order chi connectivity index (χ0) is 24.7. The van der Waals surface area contributed by atoms with Crippen LogP contribution in [0.2, 0.25) is 5.02 Å². The fraction of sp³-hybridized carbons (Fsp3) is 0.150. The topological polar surface area (TPSA) is 138 Å². The van der Waals surface area contributed by atoms with Gasteiger partial charge in [-0.25, -0.2) is 9.78 Å². The number of halogens is 4. The van der Waals surface area contributed by atoms with E-state index in [0.717, 1.165) is 18.5 Å². The van der Waals surface area contributed by atoms with Crippen LogP contribution in [0, 0.1) is 0 Å². The van der Waals surface area contributed by atoms with E-state index in [1.165, 1.54) is 30.3 Å². The number of carbonyl (C=O) groups excluding carboxylic acids is 2. The van der Waals surface area contributed by atoms with E-state index < -0.39 is 28.7 Å². The number of aliphatic hydroxyl groups excluding tert-OH is 1. The van der Waals surface area contributed by atoms with E-state index in [9.17, 15) is 22.8 Å². The van der Waals surface area contributed by atoms with Crippen LogP contribution in [0.25, 0.3) is 0 Å². The number of urea groups is 1. The SMILES string of the molecule is O=C(Nc1cccc(Oc2ncnc(C(=O)NCCO)n2)c1)Nc1ccc(Cl)c(C(F)(F)F)c1. The summed E-state index contributed by atoms with van der Waals surface area (Å²) < 4.78 is 44.4. The largest absolute Gasteiger partial charge is 0.424 e. The highest BCUT2D eigenvalue weighted by molar-refractivity contribution is 6.31. The van der Waals surface area contributed by atoms with Crippen molar-refractivity contribution in [2.45, 2.75) is 6.18 Å². The van der Waals surface area contributed by atoms with Crippen LogP contribution in [-0.4, -0.2) is 45.1 Å². The molecule has 0 spiro atoms. The molecule has 2 aromatic carbocycles. The lowest BCUT2D eigenvalue weighted by molar-refractivity contribution is -0.137. The van der Waals surface area contributed by atoms with Crippen LogP contribution >= 0.6 is 11.6 Å². The molecule has 34 heavy (non-hydrogen) atoms. The molecule has 0 saturated carbocycles. The number of alkyl halides is 3. The van der Waals surface area contributed by atoms with Gasteiger partial charge in [0, 0.05) is 24.0 Å². The third-order valence-electron chi connectivity index (χ3n) is 3.98. The standard InChI is InChI=1S/C20H16ClF3N6O4/c21-15-5-4-12(9-14(15)20(22,23)24)29-18(33)28-11-2-1-3-13(8-11)34-19-27-10-26-16(30-19)17(32)25-6-7-31/h1-5,8-10,31H,6-7H2,(H,25,32)(H2,28,29,33). The highest BCUT2D eigenvalue weighted by atomic mass is 35.5. The number of aromatic nitrogens is 3. The number of aliphatic hydroxyl groups is 1. The van der Waals surface area contributed by atoms with Crippen molar-refractivity contribution >= 4 is 34.9 Å². The maximum Gasteiger partial charge on any atom is 0.417 e. The van der Waals surface area contributed by atoms with Crippen molar-refractivity contribution in [1.29, 1.82) is 0 Å². The second kappa shape index (κ2) is 10.8. The Bertz CT molecular complexity index is 1190. The highest BCUT2D eigenvalue weighted by Gasteiger charge is 2.33. The van der Waals surface area contributed by atoms with E-state index in [0.29, 0.717) is 0 Å². The van der Waals surface area contributed by atoms with Crippen molar-refractivity contribution in [3.63, 3.8) is 0 Å². The van der Waals surface area contributed by atoms with E-state index in [1.807, 2.05) is 0 Å². The maximum absolute atomic E-state index is 13.0. The third kappa shape index (κ3) is 6.76. The van der Waals surface area contributed by atoms with Crippen LogP contribution in [0.15, 0.2) is 48.8 Å². The van der Waals surface area contributed by atoms with Gasteiger partial charge in [0.2, 0.25) is 5.82 Å². The quantitative estimate of drug-likeness (QED) is 0.391. The maximum atomic E-state index is 13.0. The Morgan fingerprint density at radius 2 is 1.79 bits per heavy atom. The van der Waals surface area contributed by atoms with Crippen molar-refractivity contribution in [2.75, 3.05) is 23.8 Å². The summed E-state index contributed by atoms with van der Waals surface area (Å²) >= 11 is 5.57. The summed E-state index contributed by atoms with van der Waals surface area (Å²) in [6, 6.07) is 7.93. The molecule has 3 amide bonds. The Morgan fingerprint density at radius 3 is 2.50 bits per heavy atom. The molecule has 4 N–H and O–H groups in total. The average Bonchev–Trinajstić information content (AvgIpc) is 2.78. The van der Waals surface area contributed by atoms with Crippen molar-refractivity contribution in [2.24, 2.45) is 0 Å². The molecule has 0 aliphatic rings. The number of hydrogen-bond donors (Lipinski definition) is 4. The molecule has 1 heterocycles. The normalized spacial score (nSPS) is 11.0. The molecule has 0 saturated heterocycles. The van der Waals surface area contributed by atoms with E-state index in [2.05, 4.69) is 30.9 Å². The molecule has 3 aromatic rings. The van der Waals surface area contributed by atoms with Crippen molar-refractivity contribution in [3.05, 3.63) is 65.2 Å². The highest BCUT2D eigenvalue weighted by Crippen LogP contribution is 2.36. The Balaban J connectivity index is 1.66. The van der Waals surface area contributed by atoms with Crippen LogP contribution < -0.4 is 20.7 Å². The summed E-state index contributed by atoms with van der Waals surface area (Å²) in [6.45, 7) is -0.237. The van der Waals surface area contributed by atoms with Crippen LogP contribution in [-0.2, 0) is 6.18 Å². The van der Waals surface area contributed by atoms with E-state index in [1.54, 1.807) is 0 Å². The van der Waals surface area contributed by atoms with E-state index in [-0.39, 0.29) is 42.1 Å². The number of nitrogens with zero attached hydrogens (tertiary/aromatic N) is 3. The van der Waals surface area contributed by atoms with Gasteiger partial charge in [-0.05, 0) is 30.3 Å². The van der Waals surface area contributed by atoms with Crippen LogP contribution in [0.4, 0.5) is 29.3 Å². The summed E-state index contributed by atoms with van der Waals surface area (Å²) in [5.41, 5.74) is -0.946. The van der Waals surface area contributed by atoms with Gasteiger partial charge in [0.05, 0.1) is 17.2 Å². The Morgan fingerprint density at radius 1 is 1.06 bits per heavy atom. The summed E-state index contributed by atoms with van der Waals surface area (Å²) in [5, 5.41) is 15.4. The average molecular weight is 497 g/mol. The number of benzene rings is 2. The van der Waals surface area contributed by atoms with Gasteiger partial charge >= 0.3 is 18.2 Å². The number of carbonyl (C=O) groups is 2. The second-order valence-corrected chi connectivity index (χ2v) is 6.88. The summed E-state index contributed by atoms with van der Waals surface area (Å²) in [7, 11) is 0. The van der Waals surface area contributed by atoms with Gasteiger partial charge < -0.3 is 25.8 Å². The van der Waals surface area contributed by atoms with Gasteiger partial charge in [0.15, 0.2) is 0 Å². The number of amides is 3. The molecule has 0 fully saturated rings. The molecular formula is C20H16ClF3N6O4. The summed E-state index contributed by atoms with van der Waals surface area (Å²) in [5.74, 6) is -0.672. The monoisotopic (exact) mass is 496 g/mol. The Hall–Kier alpha value is -3.97. The van der Waals surface area contributed by atoms with Gasteiger partial charge in [-0.3, -0.25) is 4.79 Å². The van der Waals surface area contributed by atoms with E-state index in [4.69, 9.17) is 21.4 Å². The molecule has 0 aliphatic carbocycles. The Kier molecular flexibility index (Phi) is 7.81. The van der Waals surface area contributed by atoms with Gasteiger partial charge in [0.1, 0.15) is 12.1 Å². The summed E-state index contributed by atoms with van der Waals surface area (Å²) in [4.78, 5) is 35.5. The Labute approximate surface area is 195 Å². The molecule has 0 atom stereocenters. The third-order valence-corrected chi connectivity index (χ3v) is 4.31.